The molecule has 1 N–H and O–H groups in total. The van der Waals surface area contributed by atoms with E-state index in [1.165, 1.54) is 37.7 Å². The first kappa shape index (κ1) is 13.2. The van der Waals surface area contributed by atoms with Crippen molar-refractivity contribution in [1.29, 1.82) is 0 Å². The topological polar surface area (TPSA) is 24.9 Å². The number of pyridine rings is 1. The number of hydrogen-bond acceptors (Lipinski definition) is 2. The molecule has 0 fully saturated rings. The maximum Gasteiger partial charge on any atom is 0.0300 e. The Kier molecular flexibility index (Phi) is 7.70. The maximum atomic E-state index is 4.11. The van der Waals surface area contributed by atoms with Crippen LogP contribution in [0.25, 0.3) is 0 Å². The first-order valence-electron chi connectivity index (χ1n) is 6.53. The standard InChI is InChI=1S/C14H24N2/c1-2-3-4-5-6-10-15-12-9-14-8-7-11-16-13-14/h7-8,11,13,15H,2-6,9-10,12H2,1H3. The van der Waals surface area contributed by atoms with Gasteiger partial charge in [-0.2, -0.15) is 0 Å². The summed E-state index contributed by atoms with van der Waals surface area (Å²) in [4.78, 5) is 4.11. The monoisotopic (exact) mass is 220 g/mol. The molecule has 1 rings (SSSR count). The van der Waals surface area contributed by atoms with Crippen LogP contribution in [0.1, 0.15) is 44.6 Å². The highest BCUT2D eigenvalue weighted by molar-refractivity contribution is 5.08. The van der Waals surface area contributed by atoms with E-state index in [9.17, 15) is 0 Å². The highest BCUT2D eigenvalue weighted by atomic mass is 14.8. The van der Waals surface area contributed by atoms with E-state index in [0.717, 1.165) is 19.5 Å². The second-order valence-electron chi connectivity index (χ2n) is 4.28. The molecule has 1 heterocycles. The summed E-state index contributed by atoms with van der Waals surface area (Å²) in [7, 11) is 0. The molecule has 90 valence electrons. The Morgan fingerprint density at radius 1 is 1.12 bits per heavy atom. The summed E-state index contributed by atoms with van der Waals surface area (Å²) < 4.78 is 0. The van der Waals surface area contributed by atoms with Crippen molar-refractivity contribution in [3.63, 3.8) is 0 Å². The van der Waals surface area contributed by atoms with Gasteiger partial charge in [0.05, 0.1) is 0 Å². The van der Waals surface area contributed by atoms with Crippen LogP contribution in [0.3, 0.4) is 0 Å². The largest absolute Gasteiger partial charge is 0.316 e. The van der Waals surface area contributed by atoms with Gasteiger partial charge in [-0.25, -0.2) is 0 Å². The third-order valence-corrected chi connectivity index (χ3v) is 2.77. The summed E-state index contributed by atoms with van der Waals surface area (Å²) in [6, 6.07) is 4.13. The van der Waals surface area contributed by atoms with Gasteiger partial charge in [-0.15, -0.1) is 0 Å². The van der Waals surface area contributed by atoms with Gasteiger partial charge >= 0.3 is 0 Å². The number of hydrogen-bond donors (Lipinski definition) is 1. The van der Waals surface area contributed by atoms with Crippen molar-refractivity contribution >= 4 is 0 Å². The van der Waals surface area contributed by atoms with Crippen LogP contribution < -0.4 is 5.32 Å². The maximum absolute atomic E-state index is 4.11. The second-order valence-corrected chi connectivity index (χ2v) is 4.28. The fourth-order valence-corrected chi connectivity index (χ4v) is 1.76. The van der Waals surface area contributed by atoms with Gasteiger partial charge in [0, 0.05) is 12.4 Å². The molecule has 0 amide bonds. The molecule has 2 nitrogen and oxygen atoms in total. The van der Waals surface area contributed by atoms with Crippen molar-refractivity contribution in [1.82, 2.24) is 10.3 Å². The zero-order valence-electron chi connectivity index (χ0n) is 10.4. The van der Waals surface area contributed by atoms with E-state index in [4.69, 9.17) is 0 Å². The number of nitrogens with zero attached hydrogens (tertiary/aromatic N) is 1. The third-order valence-electron chi connectivity index (χ3n) is 2.77. The second kappa shape index (κ2) is 9.34. The van der Waals surface area contributed by atoms with Crippen molar-refractivity contribution < 1.29 is 0 Å². The summed E-state index contributed by atoms with van der Waals surface area (Å²) in [6.45, 7) is 4.48. The molecular formula is C14H24N2. The van der Waals surface area contributed by atoms with Crippen LogP contribution in [0, 0.1) is 0 Å². The summed E-state index contributed by atoms with van der Waals surface area (Å²) in [5.74, 6) is 0. The van der Waals surface area contributed by atoms with E-state index >= 15 is 0 Å². The number of unbranched alkanes of at least 4 members (excludes halogenated alkanes) is 4. The van der Waals surface area contributed by atoms with Gasteiger partial charge in [0.1, 0.15) is 0 Å². The zero-order valence-corrected chi connectivity index (χ0v) is 10.4. The van der Waals surface area contributed by atoms with Crippen LogP contribution in [0.15, 0.2) is 24.5 Å². The number of nitrogens with one attached hydrogen (secondary N) is 1. The van der Waals surface area contributed by atoms with E-state index in [1.54, 1.807) is 0 Å². The molecule has 0 aliphatic carbocycles. The molecule has 0 aliphatic heterocycles. The van der Waals surface area contributed by atoms with Crippen LogP contribution >= 0.6 is 0 Å². The Bertz CT molecular complexity index is 246. The lowest BCUT2D eigenvalue weighted by Gasteiger charge is -2.04. The van der Waals surface area contributed by atoms with Gasteiger partial charge in [0.2, 0.25) is 0 Å². The minimum absolute atomic E-state index is 1.07. The quantitative estimate of drug-likeness (QED) is 0.646. The molecule has 0 spiro atoms. The van der Waals surface area contributed by atoms with Gasteiger partial charge in [-0.3, -0.25) is 4.98 Å². The van der Waals surface area contributed by atoms with Crippen molar-refractivity contribution in [2.45, 2.75) is 45.4 Å². The van der Waals surface area contributed by atoms with Gasteiger partial charge < -0.3 is 5.32 Å². The molecule has 2 heteroatoms. The SMILES string of the molecule is CCCCCCCNCCc1cccnc1. The molecule has 16 heavy (non-hydrogen) atoms. The summed E-state index contributed by atoms with van der Waals surface area (Å²) in [5.41, 5.74) is 1.32. The molecule has 0 aromatic carbocycles. The Labute approximate surface area is 99.5 Å². The predicted molar refractivity (Wildman–Crippen MR) is 69.6 cm³/mol. The predicted octanol–water partition coefficient (Wildman–Crippen LogP) is 3.18. The average Bonchev–Trinajstić information content (AvgIpc) is 2.34. The van der Waals surface area contributed by atoms with E-state index in [-0.39, 0.29) is 0 Å². The highest BCUT2D eigenvalue weighted by Crippen LogP contribution is 2.01. The van der Waals surface area contributed by atoms with Crippen molar-refractivity contribution in [2.75, 3.05) is 13.1 Å². The first-order chi connectivity index (χ1) is 7.93. The van der Waals surface area contributed by atoms with Crippen molar-refractivity contribution in [3.8, 4) is 0 Å². The molecule has 0 atom stereocenters. The summed E-state index contributed by atoms with van der Waals surface area (Å²) >= 11 is 0. The lowest BCUT2D eigenvalue weighted by molar-refractivity contribution is 0.584. The number of aromatic nitrogens is 1. The first-order valence-corrected chi connectivity index (χ1v) is 6.53. The Morgan fingerprint density at radius 3 is 2.75 bits per heavy atom. The normalized spacial score (nSPS) is 10.6. The van der Waals surface area contributed by atoms with Crippen LogP contribution in [0.5, 0.6) is 0 Å². The van der Waals surface area contributed by atoms with Crippen molar-refractivity contribution in [2.24, 2.45) is 0 Å². The van der Waals surface area contributed by atoms with Crippen LogP contribution in [-0.2, 0) is 6.42 Å². The average molecular weight is 220 g/mol. The van der Waals surface area contributed by atoms with Crippen LogP contribution in [0.2, 0.25) is 0 Å². The van der Waals surface area contributed by atoms with Gasteiger partial charge in [-0.05, 0) is 37.6 Å². The molecule has 0 saturated carbocycles. The molecule has 0 radical (unpaired) electrons. The molecule has 0 unspecified atom stereocenters. The summed E-state index contributed by atoms with van der Waals surface area (Å²) in [5, 5.41) is 3.48. The van der Waals surface area contributed by atoms with E-state index < -0.39 is 0 Å². The fourth-order valence-electron chi connectivity index (χ4n) is 1.76. The Balaban J connectivity index is 1.89. The van der Waals surface area contributed by atoms with Gasteiger partial charge in [0.25, 0.3) is 0 Å². The Hall–Kier alpha value is -0.890. The minimum Gasteiger partial charge on any atom is -0.316 e. The fraction of sp³-hybridized carbons (Fsp3) is 0.643. The molecule has 1 aromatic rings. The van der Waals surface area contributed by atoms with Crippen LogP contribution in [0.4, 0.5) is 0 Å². The Morgan fingerprint density at radius 2 is 2.00 bits per heavy atom. The molecule has 0 saturated heterocycles. The third kappa shape index (κ3) is 6.57. The molecule has 1 aromatic heterocycles. The molecular weight excluding hydrogens is 196 g/mol. The smallest absolute Gasteiger partial charge is 0.0300 e. The lowest BCUT2D eigenvalue weighted by Crippen LogP contribution is -2.18. The van der Waals surface area contributed by atoms with E-state index in [2.05, 4.69) is 23.3 Å². The minimum atomic E-state index is 1.07. The summed E-state index contributed by atoms with van der Waals surface area (Å²) in [6.07, 6.45) is 11.6. The van der Waals surface area contributed by atoms with Crippen LogP contribution in [-0.4, -0.2) is 18.1 Å². The lowest BCUT2D eigenvalue weighted by atomic mass is 10.1. The number of rotatable bonds is 9. The molecule has 0 aliphatic rings. The van der Waals surface area contributed by atoms with Gasteiger partial charge in [-0.1, -0.05) is 38.7 Å². The molecule has 0 bridgehead atoms. The van der Waals surface area contributed by atoms with E-state index in [1.807, 2.05) is 18.5 Å². The van der Waals surface area contributed by atoms with Gasteiger partial charge in [0.15, 0.2) is 0 Å². The highest BCUT2D eigenvalue weighted by Gasteiger charge is 1.92. The van der Waals surface area contributed by atoms with Crippen molar-refractivity contribution in [3.05, 3.63) is 30.1 Å². The van der Waals surface area contributed by atoms with E-state index in [0.29, 0.717) is 0 Å². The zero-order chi connectivity index (χ0) is 11.5.